The minimum absolute atomic E-state index is 0.00550. The van der Waals surface area contributed by atoms with E-state index in [0.29, 0.717) is 5.56 Å². The summed E-state index contributed by atoms with van der Waals surface area (Å²) in [6.07, 6.45) is 0.301. The molecule has 4 heteroatoms. The fourth-order valence-electron chi connectivity index (χ4n) is 1.75. The van der Waals surface area contributed by atoms with Gasteiger partial charge in [-0.25, -0.2) is 0 Å². The number of benzene rings is 1. The highest BCUT2D eigenvalue weighted by Crippen LogP contribution is 2.16. The quantitative estimate of drug-likeness (QED) is 0.787. The van der Waals surface area contributed by atoms with E-state index in [4.69, 9.17) is 5.11 Å². The molecule has 1 rings (SSSR count). The minimum Gasteiger partial charge on any atom is -0.481 e. The smallest absolute Gasteiger partial charge is 0.303 e. The summed E-state index contributed by atoms with van der Waals surface area (Å²) in [5.74, 6) is -1.00. The van der Waals surface area contributed by atoms with E-state index in [1.807, 2.05) is 31.1 Å². The molecule has 0 bridgehead atoms. The van der Waals surface area contributed by atoms with Crippen LogP contribution in [0.5, 0.6) is 0 Å². The molecule has 1 aromatic carbocycles. The monoisotopic (exact) mass is 249 g/mol. The van der Waals surface area contributed by atoms with Gasteiger partial charge in [0, 0.05) is 38.2 Å². The van der Waals surface area contributed by atoms with E-state index in [2.05, 4.69) is 0 Å². The maximum Gasteiger partial charge on any atom is 0.303 e. The van der Waals surface area contributed by atoms with Crippen LogP contribution in [0.25, 0.3) is 0 Å². The Morgan fingerprint density at radius 3 is 2.17 bits per heavy atom. The van der Waals surface area contributed by atoms with Gasteiger partial charge in [-0.05, 0) is 30.2 Å². The number of carboxylic acid groups (broad SMARTS) is 1. The maximum absolute atomic E-state index is 11.9. The molecule has 1 N–H and O–H groups in total. The highest BCUT2D eigenvalue weighted by molar-refractivity contribution is 5.96. The number of carbonyl (C=O) groups is 2. The average Bonchev–Trinajstić information content (AvgIpc) is 2.27. The fourth-order valence-corrected chi connectivity index (χ4v) is 1.75. The number of hydrogen-bond acceptors (Lipinski definition) is 3. The first kappa shape index (κ1) is 14.2. The van der Waals surface area contributed by atoms with E-state index in [9.17, 15) is 9.59 Å². The van der Waals surface area contributed by atoms with Crippen LogP contribution in [0.1, 0.15) is 30.1 Å². The van der Waals surface area contributed by atoms with Crippen LogP contribution < -0.4 is 4.90 Å². The van der Waals surface area contributed by atoms with Gasteiger partial charge in [0.2, 0.25) is 0 Å². The number of nitrogens with zero attached hydrogens (tertiary/aromatic N) is 1. The maximum atomic E-state index is 11.9. The number of Topliss-reactive ketones (excluding diaryl/α,β-unsaturated/α-hetero) is 1. The molecule has 0 aromatic heterocycles. The van der Waals surface area contributed by atoms with E-state index in [0.717, 1.165) is 5.69 Å². The Morgan fingerprint density at radius 2 is 1.72 bits per heavy atom. The summed E-state index contributed by atoms with van der Waals surface area (Å²) in [6, 6.07) is 7.33. The number of anilines is 1. The van der Waals surface area contributed by atoms with Gasteiger partial charge in [-0.1, -0.05) is 6.92 Å². The first-order valence-electron chi connectivity index (χ1n) is 5.92. The van der Waals surface area contributed by atoms with Crippen LogP contribution in [0.4, 0.5) is 5.69 Å². The van der Waals surface area contributed by atoms with E-state index < -0.39 is 5.97 Å². The molecule has 0 aliphatic heterocycles. The van der Waals surface area contributed by atoms with Crippen LogP contribution in [-0.4, -0.2) is 31.0 Å². The SMILES string of the molecule is C[C@@H](CC(=O)O)CC(=O)c1ccc(N(C)C)cc1. The Hall–Kier alpha value is -1.84. The summed E-state index contributed by atoms with van der Waals surface area (Å²) in [7, 11) is 3.87. The van der Waals surface area contributed by atoms with Gasteiger partial charge in [0.25, 0.3) is 0 Å². The first-order chi connectivity index (χ1) is 8.40. The average molecular weight is 249 g/mol. The Kier molecular flexibility index (Phi) is 4.89. The zero-order valence-electron chi connectivity index (χ0n) is 11.0. The van der Waals surface area contributed by atoms with E-state index in [1.165, 1.54) is 0 Å². The molecule has 0 radical (unpaired) electrons. The molecule has 0 amide bonds. The lowest BCUT2D eigenvalue weighted by atomic mass is 9.97. The van der Waals surface area contributed by atoms with Crippen LogP contribution in [0.15, 0.2) is 24.3 Å². The van der Waals surface area contributed by atoms with Crippen molar-refractivity contribution in [1.82, 2.24) is 0 Å². The van der Waals surface area contributed by atoms with Crippen LogP contribution in [0.3, 0.4) is 0 Å². The molecule has 0 spiro atoms. The number of rotatable bonds is 6. The molecular formula is C14H19NO3. The van der Waals surface area contributed by atoms with Crippen LogP contribution in [0.2, 0.25) is 0 Å². The Morgan fingerprint density at radius 1 is 1.17 bits per heavy atom. The highest BCUT2D eigenvalue weighted by atomic mass is 16.4. The molecule has 0 fully saturated rings. The second-order valence-electron chi connectivity index (χ2n) is 4.77. The topological polar surface area (TPSA) is 57.6 Å². The molecule has 1 atom stereocenters. The Bertz CT molecular complexity index is 423. The lowest BCUT2D eigenvalue weighted by Crippen LogP contribution is -2.11. The van der Waals surface area contributed by atoms with Crippen LogP contribution >= 0.6 is 0 Å². The van der Waals surface area contributed by atoms with E-state index in [-0.39, 0.29) is 24.5 Å². The van der Waals surface area contributed by atoms with Gasteiger partial charge >= 0.3 is 5.97 Å². The van der Waals surface area contributed by atoms with Crippen molar-refractivity contribution < 1.29 is 14.7 Å². The largest absolute Gasteiger partial charge is 0.481 e. The van der Waals surface area contributed by atoms with Gasteiger partial charge in [-0.15, -0.1) is 0 Å². The third kappa shape index (κ3) is 4.20. The molecule has 4 nitrogen and oxygen atoms in total. The molecule has 0 aliphatic carbocycles. The first-order valence-corrected chi connectivity index (χ1v) is 5.92. The van der Waals surface area contributed by atoms with Crippen molar-refractivity contribution in [2.75, 3.05) is 19.0 Å². The zero-order chi connectivity index (χ0) is 13.7. The molecule has 0 aliphatic rings. The minimum atomic E-state index is -0.863. The zero-order valence-corrected chi connectivity index (χ0v) is 11.0. The summed E-state index contributed by atoms with van der Waals surface area (Å²) in [4.78, 5) is 24.4. The molecule has 0 saturated heterocycles. The summed E-state index contributed by atoms with van der Waals surface area (Å²) in [5.41, 5.74) is 1.67. The Balaban J connectivity index is 2.64. The van der Waals surface area contributed by atoms with Crippen molar-refractivity contribution in [3.8, 4) is 0 Å². The summed E-state index contributed by atoms with van der Waals surface area (Å²) in [6.45, 7) is 1.78. The van der Waals surface area contributed by atoms with Crippen molar-refractivity contribution in [3.63, 3.8) is 0 Å². The fraction of sp³-hybridized carbons (Fsp3) is 0.429. The Labute approximate surface area is 107 Å². The van der Waals surface area contributed by atoms with E-state index in [1.54, 1.807) is 19.1 Å². The highest BCUT2D eigenvalue weighted by Gasteiger charge is 2.14. The van der Waals surface area contributed by atoms with Crippen molar-refractivity contribution in [3.05, 3.63) is 29.8 Å². The molecule has 1 aromatic rings. The number of carboxylic acids is 1. The lowest BCUT2D eigenvalue weighted by Gasteiger charge is -2.13. The van der Waals surface area contributed by atoms with Crippen molar-refractivity contribution >= 4 is 17.4 Å². The third-order valence-corrected chi connectivity index (χ3v) is 2.76. The molecule has 0 unspecified atom stereocenters. The second-order valence-corrected chi connectivity index (χ2v) is 4.77. The van der Waals surface area contributed by atoms with Crippen LogP contribution in [0, 0.1) is 5.92 Å². The summed E-state index contributed by atoms with van der Waals surface area (Å²) < 4.78 is 0. The van der Waals surface area contributed by atoms with Crippen molar-refractivity contribution in [2.24, 2.45) is 5.92 Å². The van der Waals surface area contributed by atoms with Crippen LogP contribution in [-0.2, 0) is 4.79 Å². The standard InChI is InChI=1S/C14H19NO3/c1-10(9-14(17)18)8-13(16)11-4-6-12(7-5-11)15(2)3/h4-7,10H,8-9H2,1-3H3,(H,17,18)/t10-/m1/s1. The molecule has 18 heavy (non-hydrogen) atoms. The predicted molar refractivity (Wildman–Crippen MR) is 71.1 cm³/mol. The van der Waals surface area contributed by atoms with Crippen molar-refractivity contribution in [1.29, 1.82) is 0 Å². The van der Waals surface area contributed by atoms with Gasteiger partial charge in [0.05, 0.1) is 0 Å². The number of carbonyl (C=O) groups excluding carboxylic acids is 1. The third-order valence-electron chi connectivity index (χ3n) is 2.76. The number of ketones is 1. The van der Waals surface area contributed by atoms with E-state index >= 15 is 0 Å². The van der Waals surface area contributed by atoms with Gasteiger partial charge in [-0.2, -0.15) is 0 Å². The van der Waals surface area contributed by atoms with Crippen molar-refractivity contribution in [2.45, 2.75) is 19.8 Å². The number of aliphatic carboxylic acids is 1. The lowest BCUT2D eigenvalue weighted by molar-refractivity contribution is -0.137. The normalized spacial score (nSPS) is 11.9. The number of hydrogen-bond donors (Lipinski definition) is 1. The summed E-state index contributed by atoms with van der Waals surface area (Å²) in [5, 5.41) is 8.65. The van der Waals surface area contributed by atoms with Gasteiger partial charge in [0.15, 0.2) is 5.78 Å². The molecule has 0 heterocycles. The van der Waals surface area contributed by atoms with Gasteiger partial charge in [-0.3, -0.25) is 9.59 Å². The predicted octanol–water partition coefficient (Wildman–Crippen LogP) is 2.44. The molecule has 98 valence electrons. The molecular weight excluding hydrogens is 230 g/mol. The van der Waals surface area contributed by atoms with Gasteiger partial charge < -0.3 is 10.0 Å². The second kappa shape index (κ2) is 6.19. The summed E-state index contributed by atoms with van der Waals surface area (Å²) >= 11 is 0. The van der Waals surface area contributed by atoms with Gasteiger partial charge in [0.1, 0.15) is 0 Å². The molecule has 0 saturated carbocycles.